The van der Waals surface area contributed by atoms with Crippen LogP contribution in [0.5, 0.6) is 0 Å². The summed E-state index contributed by atoms with van der Waals surface area (Å²) in [6.45, 7) is 3.94. The van der Waals surface area contributed by atoms with E-state index in [1.165, 1.54) is 12.4 Å². The van der Waals surface area contributed by atoms with Gasteiger partial charge in [0.2, 0.25) is 5.91 Å². The van der Waals surface area contributed by atoms with Crippen molar-refractivity contribution in [3.8, 4) is 11.3 Å². The van der Waals surface area contributed by atoms with Crippen LogP contribution in [0.3, 0.4) is 0 Å². The van der Waals surface area contributed by atoms with Crippen LogP contribution in [0.4, 0.5) is 26.1 Å². The molecule has 0 radical (unpaired) electrons. The Morgan fingerprint density at radius 2 is 2.03 bits per heavy atom. The van der Waals surface area contributed by atoms with Gasteiger partial charge >= 0.3 is 0 Å². The van der Waals surface area contributed by atoms with Crippen LogP contribution < -0.4 is 10.6 Å². The maximum Gasteiger partial charge on any atom is 0.260 e. The number of pyridine rings is 2. The van der Waals surface area contributed by atoms with E-state index in [1.807, 2.05) is 19.9 Å². The lowest BCUT2D eigenvalue weighted by Gasteiger charge is -2.14. The molecule has 3 heterocycles. The summed E-state index contributed by atoms with van der Waals surface area (Å²) in [6, 6.07) is 6.91. The fourth-order valence-electron chi connectivity index (χ4n) is 3.35. The van der Waals surface area contributed by atoms with Gasteiger partial charge in [-0.1, -0.05) is 13.3 Å². The summed E-state index contributed by atoms with van der Waals surface area (Å²) < 4.78 is 26.3. The van der Waals surface area contributed by atoms with E-state index in [2.05, 4.69) is 30.6 Å². The van der Waals surface area contributed by atoms with Gasteiger partial charge in [-0.15, -0.1) is 0 Å². The molecular weight excluding hydrogens is 428 g/mol. The van der Waals surface area contributed by atoms with Crippen molar-refractivity contribution in [2.45, 2.75) is 39.0 Å². The van der Waals surface area contributed by atoms with Crippen molar-refractivity contribution in [1.29, 1.82) is 5.41 Å². The normalized spacial score (nSPS) is 16.2. The molecule has 33 heavy (non-hydrogen) atoms. The molecule has 3 aromatic heterocycles. The van der Waals surface area contributed by atoms with Gasteiger partial charge in [0.25, 0.3) is 5.92 Å². The van der Waals surface area contributed by atoms with Gasteiger partial charge in [0.1, 0.15) is 23.9 Å². The van der Waals surface area contributed by atoms with Gasteiger partial charge in [-0.3, -0.25) is 9.78 Å². The smallest absolute Gasteiger partial charge is 0.260 e. The van der Waals surface area contributed by atoms with Crippen molar-refractivity contribution >= 4 is 28.9 Å². The number of rotatable bonds is 8. The quantitative estimate of drug-likeness (QED) is 0.426. The Bertz CT molecular complexity index is 1210. The Morgan fingerprint density at radius 3 is 2.73 bits per heavy atom. The van der Waals surface area contributed by atoms with Crippen molar-refractivity contribution in [2.75, 3.05) is 10.6 Å². The van der Waals surface area contributed by atoms with Gasteiger partial charge in [0.05, 0.1) is 29.0 Å². The zero-order chi connectivity index (χ0) is 23.6. The average molecular weight is 451 g/mol. The topological polar surface area (TPSA) is 117 Å². The second kappa shape index (κ2) is 8.97. The molecule has 1 saturated carbocycles. The van der Waals surface area contributed by atoms with Crippen LogP contribution in [0, 0.1) is 18.3 Å². The van der Waals surface area contributed by atoms with Crippen LogP contribution in [0.15, 0.2) is 43.0 Å². The van der Waals surface area contributed by atoms with E-state index in [1.54, 1.807) is 24.5 Å². The fraction of sp³-hybridized carbons (Fsp3) is 0.304. The molecule has 0 aromatic carbocycles. The Labute approximate surface area is 189 Å². The van der Waals surface area contributed by atoms with E-state index in [4.69, 9.17) is 5.41 Å². The van der Waals surface area contributed by atoms with E-state index in [9.17, 15) is 13.6 Å². The Morgan fingerprint density at radius 1 is 1.24 bits per heavy atom. The van der Waals surface area contributed by atoms with E-state index in [-0.39, 0.29) is 5.82 Å². The summed E-state index contributed by atoms with van der Waals surface area (Å²) in [7, 11) is 0. The first-order chi connectivity index (χ1) is 15.8. The van der Waals surface area contributed by atoms with Crippen LogP contribution in [-0.2, 0) is 4.79 Å². The lowest BCUT2D eigenvalue weighted by atomic mass is 10.1. The Kier molecular flexibility index (Phi) is 6.08. The third kappa shape index (κ3) is 5.00. The molecule has 0 unspecified atom stereocenters. The monoisotopic (exact) mass is 451 g/mol. The highest BCUT2D eigenvalue weighted by atomic mass is 19.3. The number of alkyl halides is 2. The number of anilines is 3. The molecule has 1 aliphatic carbocycles. The molecule has 1 fully saturated rings. The largest absolute Gasteiger partial charge is 0.338 e. The molecule has 1 aliphatic rings. The number of nitrogens with one attached hydrogen (secondary N) is 3. The molecule has 8 nitrogen and oxygen atoms in total. The van der Waals surface area contributed by atoms with Gasteiger partial charge in [-0.05, 0) is 37.1 Å². The molecule has 3 aromatic rings. The van der Waals surface area contributed by atoms with Gasteiger partial charge in [-0.25, -0.2) is 23.7 Å². The van der Waals surface area contributed by atoms with Crippen molar-refractivity contribution < 1.29 is 13.6 Å². The number of aromatic nitrogens is 4. The van der Waals surface area contributed by atoms with Crippen molar-refractivity contribution in [3.63, 3.8) is 0 Å². The van der Waals surface area contributed by atoms with E-state index in [0.717, 1.165) is 17.7 Å². The first-order valence-electron chi connectivity index (χ1n) is 10.6. The Hall–Kier alpha value is -3.82. The van der Waals surface area contributed by atoms with Crippen molar-refractivity contribution in [1.82, 2.24) is 19.9 Å². The highest BCUT2D eigenvalue weighted by Crippen LogP contribution is 2.49. The molecule has 1 amide bonds. The fourth-order valence-corrected chi connectivity index (χ4v) is 3.35. The molecule has 3 N–H and O–H groups in total. The second-order valence-corrected chi connectivity index (χ2v) is 7.93. The minimum absolute atomic E-state index is 0.138. The molecule has 4 rings (SSSR count). The highest BCUT2D eigenvalue weighted by Gasteiger charge is 2.61. The van der Waals surface area contributed by atoms with Crippen LogP contribution >= 0.6 is 0 Å². The number of aryl methyl sites for hydroxylation is 1. The van der Waals surface area contributed by atoms with Gasteiger partial charge in [0.15, 0.2) is 0 Å². The maximum absolute atomic E-state index is 13.2. The third-order valence-corrected chi connectivity index (χ3v) is 5.32. The summed E-state index contributed by atoms with van der Waals surface area (Å²) in [5.41, 5.74) is 3.85. The molecule has 0 aliphatic heterocycles. The summed E-state index contributed by atoms with van der Waals surface area (Å²) in [4.78, 5) is 29.0. The molecule has 170 valence electrons. The van der Waals surface area contributed by atoms with E-state index < -0.39 is 24.2 Å². The van der Waals surface area contributed by atoms with Gasteiger partial charge in [0, 0.05) is 24.2 Å². The average Bonchev–Trinajstić information content (AvgIpc) is 3.44. The summed E-state index contributed by atoms with van der Waals surface area (Å²) >= 11 is 0. The SMILES string of the molecule is CCCC(=N)c1cc(C)c(Nc2ncccc2-c2cc(NC(=O)[C@H]3CC3(F)F)ncn2)cn1. The maximum atomic E-state index is 13.2. The summed E-state index contributed by atoms with van der Waals surface area (Å²) in [5, 5.41) is 13.8. The lowest BCUT2D eigenvalue weighted by molar-refractivity contribution is -0.119. The number of nitrogens with zero attached hydrogens (tertiary/aromatic N) is 4. The number of hydrogen-bond donors (Lipinski definition) is 3. The number of carbonyl (C=O) groups is 1. The molecule has 0 spiro atoms. The highest BCUT2D eigenvalue weighted by molar-refractivity contribution is 5.97. The Balaban J connectivity index is 1.56. The zero-order valence-corrected chi connectivity index (χ0v) is 18.2. The van der Waals surface area contributed by atoms with Crippen molar-refractivity contribution in [2.24, 2.45) is 5.92 Å². The number of hydrogen-bond acceptors (Lipinski definition) is 7. The van der Waals surface area contributed by atoms with Crippen LogP contribution in [0.1, 0.15) is 37.4 Å². The van der Waals surface area contributed by atoms with E-state index >= 15 is 0 Å². The minimum Gasteiger partial charge on any atom is -0.338 e. The van der Waals surface area contributed by atoms with Gasteiger partial charge < -0.3 is 16.0 Å². The predicted molar refractivity (Wildman–Crippen MR) is 121 cm³/mol. The van der Waals surface area contributed by atoms with Crippen LogP contribution in [-0.4, -0.2) is 37.5 Å². The standard InChI is InChI=1S/C23H23F2N7O/c1-3-5-16(26)18-8-13(2)19(11-28-18)31-21-14(6-4-7-27-21)17-9-20(30-12-29-17)32-22(33)15-10-23(15,24)25/h4,6-9,11-12,15,26H,3,5,10H2,1-2H3,(H,27,31)(H,29,30,32,33)/t15-/m1/s1. The first kappa shape index (κ1) is 22.4. The molecule has 1 atom stereocenters. The number of amides is 1. The molecule has 0 saturated heterocycles. The predicted octanol–water partition coefficient (Wildman–Crippen LogP) is 4.75. The second-order valence-electron chi connectivity index (χ2n) is 7.93. The van der Waals surface area contributed by atoms with E-state index in [0.29, 0.717) is 34.9 Å². The zero-order valence-electron chi connectivity index (χ0n) is 18.2. The lowest BCUT2D eigenvalue weighted by Crippen LogP contribution is -2.18. The van der Waals surface area contributed by atoms with Crippen LogP contribution in [0.2, 0.25) is 0 Å². The summed E-state index contributed by atoms with van der Waals surface area (Å²) in [5.74, 6) is -4.38. The third-order valence-electron chi connectivity index (χ3n) is 5.32. The number of halogens is 2. The molecular formula is C23H23F2N7O. The number of carbonyl (C=O) groups excluding carboxylic acids is 1. The molecule has 10 heteroatoms. The minimum atomic E-state index is -2.95. The molecule has 0 bridgehead atoms. The summed E-state index contributed by atoms with van der Waals surface area (Å²) in [6.07, 6.45) is 5.63. The van der Waals surface area contributed by atoms with Gasteiger partial charge in [-0.2, -0.15) is 0 Å². The van der Waals surface area contributed by atoms with Crippen LogP contribution in [0.25, 0.3) is 11.3 Å². The van der Waals surface area contributed by atoms with Crippen molar-refractivity contribution in [3.05, 3.63) is 54.2 Å². The first-order valence-corrected chi connectivity index (χ1v) is 10.6.